The summed E-state index contributed by atoms with van der Waals surface area (Å²) in [5.74, 6) is -3.24. The summed E-state index contributed by atoms with van der Waals surface area (Å²) >= 11 is 3.17. The fourth-order valence-electron chi connectivity index (χ4n) is 1.77. The van der Waals surface area contributed by atoms with E-state index in [0.717, 1.165) is 12.3 Å². The van der Waals surface area contributed by atoms with E-state index in [2.05, 4.69) is 21.2 Å². The molecule has 1 aliphatic rings. The second-order valence-electron chi connectivity index (χ2n) is 4.85. The smallest absolute Gasteiger partial charge is 0.350 e. The molecule has 1 aliphatic heterocycles. The van der Waals surface area contributed by atoms with Gasteiger partial charge >= 0.3 is 11.9 Å². The van der Waals surface area contributed by atoms with Crippen molar-refractivity contribution in [3.63, 3.8) is 0 Å². The van der Waals surface area contributed by atoms with Crippen LogP contribution >= 0.6 is 15.9 Å². The second-order valence-corrected chi connectivity index (χ2v) is 5.70. The van der Waals surface area contributed by atoms with Crippen LogP contribution in [0.1, 0.15) is 13.8 Å². The average molecular weight is 374 g/mol. The van der Waals surface area contributed by atoms with Gasteiger partial charge in [-0.2, -0.15) is 0 Å². The molecule has 0 atom stereocenters. The van der Waals surface area contributed by atoms with Crippen molar-refractivity contribution in [1.82, 2.24) is 0 Å². The van der Waals surface area contributed by atoms with Crippen LogP contribution in [-0.4, -0.2) is 24.8 Å². The number of esters is 2. The third-order valence-electron chi connectivity index (χ3n) is 2.72. The van der Waals surface area contributed by atoms with Gasteiger partial charge in [0.2, 0.25) is 0 Å². The number of cyclic esters (lactones) is 2. The van der Waals surface area contributed by atoms with Gasteiger partial charge in [-0.1, -0.05) is 0 Å². The number of hydrogen-bond donors (Lipinski definition) is 1. The summed E-state index contributed by atoms with van der Waals surface area (Å²) in [5, 5.41) is 2.72. The van der Waals surface area contributed by atoms with E-state index in [0.29, 0.717) is 10.2 Å². The van der Waals surface area contributed by atoms with Crippen LogP contribution < -0.4 is 10.1 Å². The molecule has 0 unspecified atom stereocenters. The molecular formula is C14H13BrFNO5. The number of nitrogens with one attached hydrogen (secondary N) is 1. The van der Waals surface area contributed by atoms with Gasteiger partial charge in [0, 0.05) is 30.6 Å². The molecule has 6 nitrogen and oxygen atoms in total. The van der Waals surface area contributed by atoms with Crippen LogP contribution in [0, 0.1) is 5.82 Å². The van der Waals surface area contributed by atoms with Gasteiger partial charge < -0.3 is 19.5 Å². The van der Waals surface area contributed by atoms with Gasteiger partial charge in [-0.25, -0.2) is 14.0 Å². The van der Waals surface area contributed by atoms with E-state index in [1.54, 1.807) is 0 Å². The third-order valence-corrected chi connectivity index (χ3v) is 3.34. The molecule has 2 rings (SSSR count). The molecule has 22 heavy (non-hydrogen) atoms. The lowest BCUT2D eigenvalue weighted by molar-refractivity contribution is -0.222. The minimum Gasteiger partial charge on any atom is -0.494 e. The first-order chi connectivity index (χ1) is 10.2. The molecule has 0 saturated carbocycles. The quantitative estimate of drug-likeness (QED) is 0.498. The Balaban J connectivity index is 2.29. The van der Waals surface area contributed by atoms with Crippen LogP contribution in [0.25, 0.3) is 0 Å². The molecule has 118 valence electrons. The monoisotopic (exact) mass is 373 g/mol. The maximum Gasteiger partial charge on any atom is 0.350 e. The lowest BCUT2D eigenvalue weighted by Crippen LogP contribution is -2.42. The number of carbonyl (C=O) groups excluding carboxylic acids is 2. The number of carbonyl (C=O) groups is 2. The van der Waals surface area contributed by atoms with Crippen molar-refractivity contribution in [1.29, 1.82) is 0 Å². The van der Waals surface area contributed by atoms with Crippen LogP contribution in [0.5, 0.6) is 5.75 Å². The molecule has 0 amide bonds. The van der Waals surface area contributed by atoms with E-state index in [-0.39, 0.29) is 11.3 Å². The summed E-state index contributed by atoms with van der Waals surface area (Å²) in [5.41, 5.74) is 0.0411. The number of ether oxygens (including phenoxy) is 3. The summed E-state index contributed by atoms with van der Waals surface area (Å²) in [6.07, 6.45) is 1.13. The van der Waals surface area contributed by atoms with Gasteiger partial charge in [0.15, 0.2) is 5.57 Å². The molecule has 0 bridgehead atoms. The summed E-state index contributed by atoms with van der Waals surface area (Å²) in [6.45, 7) is 2.90. The van der Waals surface area contributed by atoms with Gasteiger partial charge in [-0.3, -0.25) is 0 Å². The predicted octanol–water partition coefficient (Wildman–Crippen LogP) is 2.73. The van der Waals surface area contributed by atoms with Crippen molar-refractivity contribution in [2.24, 2.45) is 0 Å². The van der Waals surface area contributed by atoms with Crippen LogP contribution in [-0.2, 0) is 19.1 Å². The van der Waals surface area contributed by atoms with Gasteiger partial charge in [-0.15, -0.1) is 0 Å². The zero-order valence-electron chi connectivity index (χ0n) is 12.0. The first-order valence-electron chi connectivity index (χ1n) is 6.20. The molecule has 8 heteroatoms. The Morgan fingerprint density at radius 2 is 1.86 bits per heavy atom. The highest BCUT2D eigenvalue weighted by atomic mass is 79.9. The normalized spacial score (nSPS) is 16.7. The summed E-state index contributed by atoms with van der Waals surface area (Å²) in [6, 6.07) is 2.37. The first-order valence-corrected chi connectivity index (χ1v) is 6.99. The largest absolute Gasteiger partial charge is 0.494 e. The maximum atomic E-state index is 13.3. The fourth-order valence-corrected chi connectivity index (χ4v) is 2.30. The maximum absolute atomic E-state index is 13.3. The number of methoxy groups -OCH3 is 1. The Hall–Kier alpha value is -2.09. The summed E-state index contributed by atoms with van der Waals surface area (Å²) in [7, 11) is 1.37. The Kier molecular flexibility index (Phi) is 4.41. The minimum atomic E-state index is -1.31. The average Bonchev–Trinajstić information content (AvgIpc) is 2.37. The highest BCUT2D eigenvalue weighted by Crippen LogP contribution is 2.34. The van der Waals surface area contributed by atoms with Crippen molar-refractivity contribution in [2.45, 2.75) is 19.6 Å². The van der Waals surface area contributed by atoms with E-state index in [1.165, 1.54) is 27.0 Å². The highest BCUT2D eigenvalue weighted by Gasteiger charge is 2.39. The van der Waals surface area contributed by atoms with Crippen molar-refractivity contribution in [3.05, 3.63) is 34.2 Å². The molecule has 1 aromatic carbocycles. The molecule has 1 saturated heterocycles. The lowest BCUT2D eigenvalue weighted by atomic mass is 10.2. The standard InChI is InChI=1S/C14H13BrFNO5/c1-14(2)21-12(18)8(13(19)22-14)6-17-11-9(15)4-7(16)5-10(11)20-3/h4-6,17H,1-3H3. The molecule has 1 N–H and O–H groups in total. The number of rotatable bonds is 3. The van der Waals surface area contributed by atoms with Crippen molar-refractivity contribution >= 4 is 33.6 Å². The topological polar surface area (TPSA) is 73.9 Å². The predicted molar refractivity (Wildman–Crippen MR) is 78.6 cm³/mol. The molecule has 0 spiro atoms. The molecular weight excluding hydrogens is 361 g/mol. The zero-order chi connectivity index (χ0) is 16.5. The molecule has 1 fully saturated rings. The van der Waals surface area contributed by atoms with Crippen LogP contribution in [0.2, 0.25) is 0 Å². The zero-order valence-corrected chi connectivity index (χ0v) is 13.6. The fraction of sp³-hybridized carbons (Fsp3) is 0.286. The van der Waals surface area contributed by atoms with Crippen molar-refractivity contribution < 1.29 is 28.2 Å². The number of halogens is 2. The Bertz CT molecular complexity index is 649. The van der Waals surface area contributed by atoms with Crippen LogP contribution in [0.4, 0.5) is 10.1 Å². The number of anilines is 1. The van der Waals surface area contributed by atoms with E-state index in [9.17, 15) is 14.0 Å². The number of hydrogen-bond acceptors (Lipinski definition) is 6. The Labute approximate surface area is 134 Å². The molecule has 0 aromatic heterocycles. The van der Waals surface area contributed by atoms with E-state index in [4.69, 9.17) is 14.2 Å². The Morgan fingerprint density at radius 1 is 1.27 bits per heavy atom. The number of benzene rings is 1. The summed E-state index contributed by atoms with van der Waals surface area (Å²) < 4.78 is 28.6. The van der Waals surface area contributed by atoms with Gasteiger partial charge in [0.25, 0.3) is 5.79 Å². The third kappa shape index (κ3) is 3.38. The van der Waals surface area contributed by atoms with Crippen molar-refractivity contribution in [3.8, 4) is 5.75 Å². The van der Waals surface area contributed by atoms with Gasteiger partial charge in [0.1, 0.15) is 11.6 Å². The van der Waals surface area contributed by atoms with Crippen LogP contribution in [0.15, 0.2) is 28.4 Å². The van der Waals surface area contributed by atoms with Gasteiger partial charge in [0.05, 0.1) is 12.8 Å². The second kappa shape index (κ2) is 5.96. The minimum absolute atomic E-state index is 0.196. The van der Waals surface area contributed by atoms with E-state index < -0.39 is 23.5 Å². The van der Waals surface area contributed by atoms with E-state index in [1.807, 2.05) is 0 Å². The van der Waals surface area contributed by atoms with Gasteiger partial charge in [-0.05, 0) is 22.0 Å². The summed E-state index contributed by atoms with van der Waals surface area (Å²) in [4.78, 5) is 23.6. The highest BCUT2D eigenvalue weighted by molar-refractivity contribution is 9.10. The van der Waals surface area contributed by atoms with Crippen LogP contribution in [0.3, 0.4) is 0 Å². The molecule has 0 aliphatic carbocycles. The molecule has 1 aromatic rings. The van der Waals surface area contributed by atoms with E-state index >= 15 is 0 Å². The molecule has 0 radical (unpaired) electrons. The first kappa shape index (κ1) is 16.3. The lowest BCUT2D eigenvalue weighted by Gasteiger charge is -2.29. The van der Waals surface area contributed by atoms with Crippen molar-refractivity contribution in [2.75, 3.05) is 12.4 Å². The Morgan fingerprint density at radius 3 is 2.41 bits per heavy atom. The SMILES string of the molecule is COc1cc(F)cc(Br)c1NC=C1C(=O)OC(C)(C)OC1=O. The molecule has 1 heterocycles.